The molecule has 1 amide bonds. The number of hydrogen-bond acceptors (Lipinski definition) is 6. The summed E-state index contributed by atoms with van der Waals surface area (Å²) >= 11 is 0. The highest BCUT2D eigenvalue weighted by Crippen LogP contribution is 2.28. The highest BCUT2D eigenvalue weighted by molar-refractivity contribution is 5.76. The number of carbonyl (C=O) groups excluding carboxylic acids is 1. The predicted octanol–water partition coefficient (Wildman–Crippen LogP) is 3.44. The minimum atomic E-state index is -0.0641. The highest BCUT2D eigenvalue weighted by atomic mass is 16.5. The smallest absolute Gasteiger partial charge is 0.220 e. The van der Waals surface area contributed by atoms with Crippen LogP contribution in [-0.2, 0) is 9.53 Å². The van der Waals surface area contributed by atoms with Gasteiger partial charge in [-0.1, -0.05) is 12.1 Å². The molecule has 0 radical (unpaired) electrons. The maximum absolute atomic E-state index is 12.3. The van der Waals surface area contributed by atoms with Crippen molar-refractivity contribution in [3.8, 4) is 17.6 Å². The summed E-state index contributed by atoms with van der Waals surface area (Å²) in [6.45, 7) is 5.70. The van der Waals surface area contributed by atoms with Gasteiger partial charge < -0.3 is 24.4 Å². The number of morpholine rings is 1. The summed E-state index contributed by atoms with van der Waals surface area (Å²) in [5.74, 6) is 1.06. The Morgan fingerprint density at radius 3 is 2.61 bits per heavy atom. The third kappa shape index (κ3) is 6.37. The number of methoxy groups -OCH3 is 1. The number of ether oxygens (including phenoxy) is 3. The zero-order chi connectivity index (χ0) is 22.1. The summed E-state index contributed by atoms with van der Waals surface area (Å²) in [4.78, 5) is 14.6. The Hall–Kier alpha value is -3.24. The number of nitrogens with zero attached hydrogens (tertiary/aromatic N) is 2. The molecule has 164 valence electrons. The van der Waals surface area contributed by atoms with Crippen LogP contribution in [0.2, 0.25) is 0 Å². The Morgan fingerprint density at radius 1 is 1.19 bits per heavy atom. The molecule has 7 heteroatoms. The molecule has 0 spiro atoms. The normalized spacial score (nSPS) is 14.4. The van der Waals surface area contributed by atoms with Gasteiger partial charge in [0.15, 0.2) is 11.5 Å². The molecule has 1 aliphatic rings. The number of benzene rings is 2. The van der Waals surface area contributed by atoms with Crippen LogP contribution in [0.1, 0.15) is 36.9 Å². The lowest BCUT2D eigenvalue weighted by Crippen LogP contribution is -2.36. The first-order valence-corrected chi connectivity index (χ1v) is 10.5. The van der Waals surface area contributed by atoms with Crippen LogP contribution < -0.4 is 19.7 Å². The third-order valence-corrected chi connectivity index (χ3v) is 5.25. The second-order valence-electron chi connectivity index (χ2n) is 7.41. The van der Waals surface area contributed by atoms with Crippen molar-refractivity contribution in [3.05, 3.63) is 53.6 Å². The maximum Gasteiger partial charge on any atom is 0.220 e. The molecule has 0 bridgehead atoms. The largest absolute Gasteiger partial charge is 0.493 e. The van der Waals surface area contributed by atoms with Gasteiger partial charge in [-0.2, -0.15) is 5.26 Å². The SMILES string of the molecule is COc1cc(C#N)ccc1OCCCC(=O)NC(C)c1ccc(N2CCOCC2)cc1. The molecular weight excluding hydrogens is 394 g/mol. The zero-order valence-electron chi connectivity index (χ0n) is 18.1. The fraction of sp³-hybridized carbons (Fsp3) is 0.417. The van der Waals surface area contributed by atoms with Gasteiger partial charge in [0.05, 0.1) is 44.6 Å². The van der Waals surface area contributed by atoms with Crippen LogP contribution >= 0.6 is 0 Å². The molecule has 7 nitrogen and oxygen atoms in total. The number of hydrogen-bond donors (Lipinski definition) is 1. The standard InChI is InChI=1S/C24H29N3O4/c1-18(20-6-8-21(9-7-20)27-11-14-30-15-12-27)26-24(28)4-3-13-31-22-10-5-19(17-25)16-23(22)29-2/h5-10,16,18H,3-4,11-15H2,1-2H3,(H,26,28). The quantitative estimate of drug-likeness (QED) is 0.622. The van der Waals surface area contributed by atoms with E-state index in [0.717, 1.165) is 31.9 Å². The van der Waals surface area contributed by atoms with Gasteiger partial charge in [-0.15, -0.1) is 0 Å². The summed E-state index contributed by atoms with van der Waals surface area (Å²) < 4.78 is 16.4. The average Bonchev–Trinajstić information content (AvgIpc) is 2.82. The van der Waals surface area contributed by atoms with Gasteiger partial charge in [-0.3, -0.25) is 4.79 Å². The summed E-state index contributed by atoms with van der Waals surface area (Å²) in [5, 5.41) is 12.0. The van der Waals surface area contributed by atoms with Crippen molar-refractivity contribution in [2.45, 2.75) is 25.8 Å². The van der Waals surface area contributed by atoms with E-state index in [1.165, 1.54) is 12.8 Å². The van der Waals surface area contributed by atoms with Crippen LogP contribution in [0.15, 0.2) is 42.5 Å². The van der Waals surface area contributed by atoms with Crippen LogP contribution in [0, 0.1) is 11.3 Å². The first-order valence-electron chi connectivity index (χ1n) is 10.5. The molecule has 2 aromatic carbocycles. The Bertz CT molecular complexity index is 902. The minimum Gasteiger partial charge on any atom is -0.493 e. The molecule has 1 saturated heterocycles. The van der Waals surface area contributed by atoms with E-state index >= 15 is 0 Å². The monoisotopic (exact) mass is 423 g/mol. The first-order chi connectivity index (χ1) is 15.1. The average molecular weight is 424 g/mol. The van der Waals surface area contributed by atoms with E-state index in [2.05, 4.69) is 40.6 Å². The highest BCUT2D eigenvalue weighted by Gasteiger charge is 2.13. The van der Waals surface area contributed by atoms with Gasteiger partial charge in [0.25, 0.3) is 0 Å². The van der Waals surface area contributed by atoms with Gasteiger partial charge >= 0.3 is 0 Å². The summed E-state index contributed by atoms with van der Waals surface area (Å²) in [7, 11) is 1.53. The summed E-state index contributed by atoms with van der Waals surface area (Å²) in [5.41, 5.74) is 2.76. The lowest BCUT2D eigenvalue weighted by atomic mass is 10.1. The molecule has 3 rings (SSSR count). The van der Waals surface area contributed by atoms with Crippen molar-refractivity contribution in [3.63, 3.8) is 0 Å². The molecule has 1 atom stereocenters. The van der Waals surface area contributed by atoms with Crippen LogP contribution in [0.3, 0.4) is 0 Å². The van der Waals surface area contributed by atoms with Crippen molar-refractivity contribution in [2.24, 2.45) is 0 Å². The van der Waals surface area contributed by atoms with Crippen molar-refractivity contribution < 1.29 is 19.0 Å². The van der Waals surface area contributed by atoms with Crippen LogP contribution in [0.5, 0.6) is 11.5 Å². The van der Waals surface area contributed by atoms with E-state index in [-0.39, 0.29) is 11.9 Å². The van der Waals surface area contributed by atoms with E-state index in [9.17, 15) is 4.79 Å². The third-order valence-electron chi connectivity index (χ3n) is 5.25. The molecule has 1 unspecified atom stereocenters. The molecule has 2 aromatic rings. The van der Waals surface area contributed by atoms with Crippen molar-refractivity contribution in [1.29, 1.82) is 5.26 Å². The molecular formula is C24H29N3O4. The Labute approximate surface area is 183 Å². The maximum atomic E-state index is 12.3. The van der Waals surface area contributed by atoms with Crippen LogP contribution in [0.25, 0.3) is 0 Å². The number of carbonyl (C=O) groups is 1. The Kier molecular flexibility index (Phi) is 8.13. The van der Waals surface area contributed by atoms with Crippen molar-refractivity contribution in [1.82, 2.24) is 5.32 Å². The second kappa shape index (κ2) is 11.2. The molecule has 1 fully saturated rings. The molecule has 0 aromatic heterocycles. The van der Waals surface area contributed by atoms with E-state index in [1.807, 2.05) is 6.92 Å². The lowest BCUT2D eigenvalue weighted by Gasteiger charge is -2.29. The summed E-state index contributed by atoms with van der Waals surface area (Å²) in [6, 6.07) is 15.4. The van der Waals surface area contributed by atoms with E-state index in [4.69, 9.17) is 19.5 Å². The van der Waals surface area contributed by atoms with Gasteiger partial charge in [0.1, 0.15) is 0 Å². The van der Waals surface area contributed by atoms with Crippen molar-refractivity contribution >= 4 is 11.6 Å². The van der Waals surface area contributed by atoms with Crippen LogP contribution in [0.4, 0.5) is 5.69 Å². The topological polar surface area (TPSA) is 83.8 Å². The fourth-order valence-corrected chi connectivity index (χ4v) is 3.46. The molecule has 1 N–H and O–H groups in total. The van der Waals surface area contributed by atoms with E-state index in [0.29, 0.717) is 36.5 Å². The summed E-state index contributed by atoms with van der Waals surface area (Å²) in [6.07, 6.45) is 0.951. The fourth-order valence-electron chi connectivity index (χ4n) is 3.46. The van der Waals surface area contributed by atoms with Gasteiger partial charge in [0.2, 0.25) is 5.91 Å². The number of anilines is 1. The van der Waals surface area contributed by atoms with E-state index in [1.54, 1.807) is 18.2 Å². The van der Waals surface area contributed by atoms with Crippen molar-refractivity contribution in [2.75, 3.05) is 44.9 Å². The Morgan fingerprint density at radius 2 is 1.94 bits per heavy atom. The molecule has 0 saturated carbocycles. The first kappa shape index (κ1) is 22.4. The minimum absolute atomic E-state index is 0.0138. The molecule has 1 heterocycles. The molecule has 0 aliphatic carbocycles. The Balaban J connectivity index is 1.42. The lowest BCUT2D eigenvalue weighted by molar-refractivity contribution is -0.121. The van der Waals surface area contributed by atoms with E-state index < -0.39 is 0 Å². The molecule has 31 heavy (non-hydrogen) atoms. The van der Waals surface area contributed by atoms with Gasteiger partial charge in [-0.05, 0) is 43.2 Å². The number of nitriles is 1. The van der Waals surface area contributed by atoms with Gasteiger partial charge in [0, 0.05) is 31.3 Å². The number of rotatable bonds is 9. The predicted molar refractivity (Wildman–Crippen MR) is 118 cm³/mol. The van der Waals surface area contributed by atoms with Crippen LogP contribution in [-0.4, -0.2) is 45.9 Å². The number of nitrogens with one attached hydrogen (secondary N) is 1. The zero-order valence-corrected chi connectivity index (χ0v) is 18.1. The molecule has 1 aliphatic heterocycles. The second-order valence-corrected chi connectivity index (χ2v) is 7.41. The number of amides is 1. The van der Waals surface area contributed by atoms with Gasteiger partial charge in [-0.25, -0.2) is 0 Å².